The van der Waals surface area contributed by atoms with Crippen molar-refractivity contribution in [3.8, 4) is 6.07 Å². The molecule has 34 heavy (non-hydrogen) atoms. The maximum Gasteiger partial charge on any atom is 0.212 e. The minimum atomic E-state index is -0.826. The van der Waals surface area contributed by atoms with Crippen LogP contribution >= 0.6 is 11.6 Å². The fraction of sp³-hybridized carbons (Fsp3) is 0.261. The first kappa shape index (κ1) is 23.6. The van der Waals surface area contributed by atoms with Gasteiger partial charge in [-0.2, -0.15) is 15.2 Å². The molecule has 1 aliphatic rings. The summed E-state index contributed by atoms with van der Waals surface area (Å²) in [5.74, 6) is -0.561. The van der Waals surface area contributed by atoms with Crippen LogP contribution in [0.15, 0.2) is 48.6 Å². The van der Waals surface area contributed by atoms with Crippen molar-refractivity contribution in [1.82, 2.24) is 26.4 Å². The Hall–Kier alpha value is -3.55. The molecule has 0 saturated heterocycles. The zero-order valence-electron chi connectivity index (χ0n) is 19.3. The Balaban J connectivity index is 1.83. The molecular weight excluding hydrogens is 454 g/mol. The molecule has 5 N–H and O–H groups in total. The molecule has 0 fully saturated rings. The monoisotopic (exact) mass is 478 g/mol. The number of halogens is 2. The highest BCUT2D eigenvalue weighted by atomic mass is 35.5. The minimum absolute atomic E-state index is 0.00323. The maximum absolute atomic E-state index is 13.5. The third-order valence-electron chi connectivity index (χ3n) is 5.56. The van der Waals surface area contributed by atoms with Crippen LogP contribution in [0.25, 0.3) is 10.9 Å². The Kier molecular flexibility index (Phi) is 6.25. The standard InChI is InChI=1S/C23H25BClFN8/c1-22(2,3)12-30-20-13(8-27)9-29-21-16(20)6-15(7-17(21)25)32-23(24,18-11-31-34-33-18)14-4-5-19(26)28-10-14/h4-7,9-11,31-34H,12,24H2,1-3H3,(H,29,30). The van der Waals surface area contributed by atoms with Crippen molar-refractivity contribution in [2.75, 3.05) is 17.2 Å². The summed E-state index contributed by atoms with van der Waals surface area (Å²) in [5.41, 5.74) is 11.8. The number of fused-ring (bicyclic) bond motifs is 1. The van der Waals surface area contributed by atoms with Gasteiger partial charge in [0, 0.05) is 36.2 Å². The molecular formula is C23H25BClFN8. The Morgan fingerprint density at radius 3 is 2.62 bits per heavy atom. The van der Waals surface area contributed by atoms with Gasteiger partial charge in [-0.05, 0) is 29.2 Å². The molecule has 1 atom stereocenters. The van der Waals surface area contributed by atoms with Gasteiger partial charge in [0.05, 0.1) is 32.9 Å². The number of rotatable bonds is 6. The molecule has 3 heterocycles. The van der Waals surface area contributed by atoms with Crippen LogP contribution in [0.4, 0.5) is 15.8 Å². The summed E-state index contributed by atoms with van der Waals surface area (Å²) in [5, 5.41) is 17.8. The van der Waals surface area contributed by atoms with E-state index in [4.69, 9.17) is 11.6 Å². The molecule has 8 nitrogen and oxygen atoms in total. The second-order valence-corrected chi connectivity index (χ2v) is 9.91. The van der Waals surface area contributed by atoms with Crippen LogP contribution in [0.1, 0.15) is 31.9 Å². The molecule has 1 aromatic carbocycles. The quantitative estimate of drug-likeness (QED) is 0.272. The lowest BCUT2D eigenvalue weighted by atomic mass is 9.70. The average molecular weight is 479 g/mol. The van der Waals surface area contributed by atoms with Gasteiger partial charge in [0.2, 0.25) is 5.95 Å². The topological polar surface area (TPSA) is 110 Å². The zero-order valence-corrected chi connectivity index (χ0v) is 20.1. The van der Waals surface area contributed by atoms with E-state index in [-0.39, 0.29) is 5.41 Å². The number of hydrogen-bond acceptors (Lipinski definition) is 8. The van der Waals surface area contributed by atoms with Crippen LogP contribution in [-0.2, 0) is 5.44 Å². The van der Waals surface area contributed by atoms with Crippen molar-refractivity contribution in [3.05, 3.63) is 70.7 Å². The number of nitrogens with zero attached hydrogens (tertiary/aromatic N) is 3. The summed E-state index contributed by atoms with van der Waals surface area (Å²) in [4.78, 5) is 8.25. The molecule has 174 valence electrons. The summed E-state index contributed by atoms with van der Waals surface area (Å²) in [7, 11) is 1.94. The van der Waals surface area contributed by atoms with Gasteiger partial charge in [0.1, 0.15) is 13.9 Å². The van der Waals surface area contributed by atoms with E-state index in [1.807, 2.05) is 13.9 Å². The summed E-state index contributed by atoms with van der Waals surface area (Å²) in [6.45, 7) is 7.00. The predicted octanol–water partition coefficient (Wildman–Crippen LogP) is 3.10. The first-order chi connectivity index (χ1) is 16.1. The molecule has 1 aliphatic heterocycles. The number of aromatic nitrogens is 2. The molecule has 1 unspecified atom stereocenters. The second kappa shape index (κ2) is 9.01. The van der Waals surface area contributed by atoms with E-state index in [1.54, 1.807) is 18.3 Å². The van der Waals surface area contributed by atoms with Gasteiger partial charge < -0.3 is 21.5 Å². The molecule has 3 aromatic rings. The molecule has 4 rings (SSSR count). The normalized spacial score (nSPS) is 15.0. The van der Waals surface area contributed by atoms with Crippen LogP contribution in [-0.4, -0.2) is 24.4 Å². The number of nitriles is 1. The third kappa shape index (κ3) is 4.71. The van der Waals surface area contributed by atoms with E-state index in [2.05, 4.69) is 63.8 Å². The van der Waals surface area contributed by atoms with Gasteiger partial charge in [-0.1, -0.05) is 38.4 Å². The summed E-state index contributed by atoms with van der Waals surface area (Å²) >= 11 is 6.65. The Bertz CT molecular complexity index is 1300. The van der Waals surface area contributed by atoms with Crippen molar-refractivity contribution in [1.29, 1.82) is 5.26 Å². The Morgan fingerprint density at radius 2 is 2.00 bits per heavy atom. The first-order valence-corrected chi connectivity index (χ1v) is 11.1. The molecule has 0 spiro atoms. The molecule has 0 radical (unpaired) electrons. The smallest absolute Gasteiger partial charge is 0.212 e. The molecule has 0 bridgehead atoms. The fourth-order valence-corrected chi connectivity index (χ4v) is 4.00. The van der Waals surface area contributed by atoms with E-state index in [1.165, 1.54) is 18.5 Å². The molecule has 2 aromatic heterocycles. The third-order valence-corrected chi connectivity index (χ3v) is 5.85. The van der Waals surface area contributed by atoms with Crippen molar-refractivity contribution < 1.29 is 4.39 Å². The highest BCUT2D eigenvalue weighted by Crippen LogP contribution is 2.37. The number of benzene rings is 1. The number of pyridine rings is 2. The van der Waals surface area contributed by atoms with Crippen molar-refractivity contribution in [3.63, 3.8) is 0 Å². The van der Waals surface area contributed by atoms with Crippen molar-refractivity contribution in [2.45, 2.75) is 26.2 Å². The number of nitrogens with one attached hydrogen (secondary N) is 5. The lowest BCUT2D eigenvalue weighted by Crippen LogP contribution is -2.45. The van der Waals surface area contributed by atoms with E-state index < -0.39 is 11.4 Å². The molecule has 0 amide bonds. The maximum atomic E-state index is 13.5. The average Bonchev–Trinajstić information content (AvgIpc) is 3.33. The van der Waals surface area contributed by atoms with Gasteiger partial charge in [-0.25, -0.2) is 4.98 Å². The molecule has 11 heteroatoms. The Labute approximate surface area is 203 Å². The first-order valence-electron chi connectivity index (χ1n) is 10.7. The number of anilines is 2. The van der Waals surface area contributed by atoms with E-state index >= 15 is 0 Å². The van der Waals surface area contributed by atoms with Gasteiger partial charge in [0.25, 0.3) is 0 Å². The summed E-state index contributed by atoms with van der Waals surface area (Å²) < 4.78 is 13.5. The van der Waals surface area contributed by atoms with Crippen molar-refractivity contribution >= 4 is 41.7 Å². The van der Waals surface area contributed by atoms with E-state index in [9.17, 15) is 9.65 Å². The fourth-order valence-electron chi connectivity index (χ4n) is 3.73. The highest BCUT2D eigenvalue weighted by molar-refractivity contribution is 6.36. The van der Waals surface area contributed by atoms with Gasteiger partial charge in [-0.15, -0.1) is 0 Å². The van der Waals surface area contributed by atoms with Crippen LogP contribution in [0, 0.1) is 22.7 Å². The van der Waals surface area contributed by atoms with Gasteiger partial charge in [0.15, 0.2) is 0 Å². The summed E-state index contributed by atoms with van der Waals surface area (Å²) in [6, 6.07) is 8.89. The van der Waals surface area contributed by atoms with Crippen LogP contribution in [0.2, 0.25) is 5.02 Å². The van der Waals surface area contributed by atoms with Gasteiger partial charge >= 0.3 is 0 Å². The lowest BCUT2D eigenvalue weighted by molar-refractivity contribution is 0.443. The number of hydrogen-bond donors (Lipinski definition) is 5. The highest BCUT2D eigenvalue weighted by Gasteiger charge is 2.33. The zero-order chi connectivity index (χ0) is 24.5. The van der Waals surface area contributed by atoms with Crippen LogP contribution in [0.3, 0.4) is 0 Å². The van der Waals surface area contributed by atoms with Crippen LogP contribution in [0.5, 0.6) is 0 Å². The number of hydrazine groups is 2. The van der Waals surface area contributed by atoms with E-state index in [0.717, 1.165) is 16.6 Å². The van der Waals surface area contributed by atoms with Crippen LogP contribution < -0.4 is 27.0 Å². The Morgan fingerprint density at radius 1 is 1.21 bits per heavy atom. The lowest BCUT2D eigenvalue weighted by Gasteiger charge is -2.33. The van der Waals surface area contributed by atoms with Crippen molar-refractivity contribution in [2.24, 2.45) is 5.41 Å². The van der Waals surface area contributed by atoms with E-state index in [0.29, 0.717) is 34.0 Å². The molecule has 0 aliphatic carbocycles. The predicted molar refractivity (Wildman–Crippen MR) is 135 cm³/mol. The van der Waals surface area contributed by atoms with Gasteiger partial charge in [-0.3, -0.25) is 4.98 Å². The molecule has 0 saturated carbocycles. The largest absolute Gasteiger partial charge is 0.383 e. The second-order valence-electron chi connectivity index (χ2n) is 9.50. The summed E-state index contributed by atoms with van der Waals surface area (Å²) in [6.07, 6.45) is 4.79. The minimum Gasteiger partial charge on any atom is -0.383 e. The SMILES string of the molecule is BC(Nc1cc(Cl)c2ncc(C#N)c(NCC(C)(C)C)c2c1)(C1=CNNN1)c1ccc(F)nc1.